The molecule has 27 heavy (non-hydrogen) atoms. The SMILES string of the molecule is CC(C)(C)OC(=O)N1CCC[C@H]1C1CCN(c2cc(Cl)ccc2C=O)CC1. The highest BCUT2D eigenvalue weighted by molar-refractivity contribution is 6.31. The molecule has 0 aliphatic carbocycles. The maximum atomic E-state index is 12.6. The van der Waals surface area contributed by atoms with Crippen LogP contribution in [0.1, 0.15) is 56.8 Å². The van der Waals surface area contributed by atoms with Gasteiger partial charge in [0.05, 0.1) is 0 Å². The first-order valence-corrected chi connectivity index (χ1v) is 10.2. The molecule has 2 fully saturated rings. The minimum atomic E-state index is -0.467. The molecule has 0 unspecified atom stereocenters. The van der Waals surface area contributed by atoms with Crippen molar-refractivity contribution in [2.24, 2.45) is 5.92 Å². The standard InChI is InChI=1S/C21H29ClN2O3/c1-21(2,3)27-20(26)24-10-4-5-18(24)15-8-11-23(12-9-15)19-13-17(22)7-6-16(19)14-25/h6-7,13-15,18H,4-5,8-12H2,1-3H3/t18-/m0/s1. The van der Waals surface area contributed by atoms with Crippen molar-refractivity contribution < 1.29 is 14.3 Å². The largest absolute Gasteiger partial charge is 0.444 e. The molecule has 0 radical (unpaired) electrons. The summed E-state index contributed by atoms with van der Waals surface area (Å²) in [6.07, 6.45) is 4.77. The Balaban J connectivity index is 1.64. The van der Waals surface area contributed by atoms with E-state index in [1.165, 1.54) is 0 Å². The number of benzene rings is 1. The minimum Gasteiger partial charge on any atom is -0.444 e. The molecule has 1 aromatic carbocycles. The molecule has 2 aliphatic rings. The second-order valence-corrected chi connectivity index (χ2v) is 8.97. The number of ether oxygens (including phenoxy) is 1. The summed E-state index contributed by atoms with van der Waals surface area (Å²) in [6.45, 7) is 8.23. The fourth-order valence-electron chi connectivity index (χ4n) is 4.25. The van der Waals surface area contributed by atoms with Gasteiger partial charge in [0.1, 0.15) is 5.60 Å². The van der Waals surface area contributed by atoms with Crippen LogP contribution < -0.4 is 4.90 Å². The van der Waals surface area contributed by atoms with E-state index in [1.807, 2.05) is 31.7 Å². The first kappa shape index (κ1) is 20.0. The van der Waals surface area contributed by atoms with Crippen LogP contribution in [0.3, 0.4) is 0 Å². The lowest BCUT2D eigenvalue weighted by Crippen LogP contribution is -2.46. The second-order valence-electron chi connectivity index (χ2n) is 8.53. The van der Waals surface area contributed by atoms with Gasteiger partial charge in [0.15, 0.2) is 6.29 Å². The highest BCUT2D eigenvalue weighted by Gasteiger charge is 2.38. The number of carbonyl (C=O) groups excluding carboxylic acids is 2. The number of hydrogen-bond acceptors (Lipinski definition) is 4. The van der Waals surface area contributed by atoms with Gasteiger partial charge in [0.25, 0.3) is 0 Å². The van der Waals surface area contributed by atoms with Crippen molar-refractivity contribution >= 4 is 29.7 Å². The molecule has 1 aromatic rings. The van der Waals surface area contributed by atoms with Crippen LogP contribution in [0.2, 0.25) is 5.02 Å². The van der Waals surface area contributed by atoms with Crippen LogP contribution in [-0.4, -0.2) is 48.6 Å². The van der Waals surface area contributed by atoms with Crippen LogP contribution in [0.25, 0.3) is 0 Å². The number of amides is 1. The monoisotopic (exact) mass is 392 g/mol. The van der Waals surface area contributed by atoms with Crippen LogP contribution in [0.5, 0.6) is 0 Å². The third kappa shape index (κ3) is 4.75. The average molecular weight is 393 g/mol. The van der Waals surface area contributed by atoms with Crippen LogP contribution in [0, 0.1) is 5.92 Å². The van der Waals surface area contributed by atoms with E-state index in [-0.39, 0.29) is 12.1 Å². The van der Waals surface area contributed by atoms with Gasteiger partial charge in [0, 0.05) is 41.9 Å². The number of hydrogen-bond donors (Lipinski definition) is 0. The van der Waals surface area contributed by atoms with Gasteiger partial charge < -0.3 is 14.5 Å². The van der Waals surface area contributed by atoms with E-state index in [2.05, 4.69) is 4.90 Å². The molecule has 0 aromatic heterocycles. The highest BCUT2D eigenvalue weighted by atomic mass is 35.5. The van der Waals surface area contributed by atoms with Gasteiger partial charge in [-0.25, -0.2) is 4.79 Å². The summed E-state index contributed by atoms with van der Waals surface area (Å²) in [5.41, 5.74) is 1.12. The summed E-state index contributed by atoms with van der Waals surface area (Å²) in [4.78, 5) is 28.1. The maximum Gasteiger partial charge on any atom is 0.410 e. The first-order valence-electron chi connectivity index (χ1n) is 9.78. The average Bonchev–Trinajstić information content (AvgIpc) is 3.10. The molecule has 2 aliphatic heterocycles. The molecule has 148 valence electrons. The molecule has 3 rings (SSSR count). The zero-order valence-corrected chi connectivity index (χ0v) is 17.2. The third-order valence-corrected chi connectivity index (χ3v) is 5.71. The fourth-order valence-corrected chi connectivity index (χ4v) is 4.41. The molecule has 0 saturated carbocycles. The van der Waals surface area contributed by atoms with E-state index in [0.717, 1.165) is 57.3 Å². The normalized spacial score (nSPS) is 21.4. The molecule has 0 N–H and O–H groups in total. The Morgan fingerprint density at radius 1 is 1.19 bits per heavy atom. The lowest BCUT2D eigenvalue weighted by molar-refractivity contribution is 0.0164. The summed E-state index contributed by atoms with van der Waals surface area (Å²) in [6, 6.07) is 5.65. The second kappa shape index (κ2) is 8.09. The van der Waals surface area contributed by atoms with Crippen LogP contribution >= 0.6 is 11.6 Å². The van der Waals surface area contributed by atoms with Gasteiger partial charge in [-0.15, -0.1) is 0 Å². The fraction of sp³-hybridized carbons (Fsp3) is 0.619. The zero-order chi connectivity index (χ0) is 19.6. The lowest BCUT2D eigenvalue weighted by atomic mass is 9.87. The molecule has 1 atom stereocenters. The van der Waals surface area contributed by atoms with Gasteiger partial charge in [-0.05, 0) is 70.6 Å². The molecule has 2 heterocycles. The molecular formula is C21H29ClN2O3. The van der Waals surface area contributed by atoms with Gasteiger partial charge in [-0.3, -0.25) is 4.79 Å². The predicted octanol–water partition coefficient (Wildman–Crippen LogP) is 4.77. The number of piperidine rings is 1. The number of anilines is 1. The summed E-state index contributed by atoms with van der Waals surface area (Å²) >= 11 is 6.13. The minimum absolute atomic E-state index is 0.189. The molecule has 5 nitrogen and oxygen atoms in total. The Labute approximate surface area is 166 Å². The lowest BCUT2D eigenvalue weighted by Gasteiger charge is -2.39. The summed E-state index contributed by atoms with van der Waals surface area (Å²) in [5, 5.41) is 0.643. The Hall–Kier alpha value is -1.75. The molecule has 0 bridgehead atoms. The van der Waals surface area contributed by atoms with Gasteiger partial charge in [-0.2, -0.15) is 0 Å². The van der Waals surface area contributed by atoms with Crippen molar-refractivity contribution in [3.8, 4) is 0 Å². The number of carbonyl (C=O) groups is 2. The third-order valence-electron chi connectivity index (χ3n) is 5.47. The predicted molar refractivity (Wildman–Crippen MR) is 108 cm³/mol. The van der Waals surface area contributed by atoms with Crippen molar-refractivity contribution in [1.29, 1.82) is 0 Å². The van der Waals surface area contributed by atoms with Gasteiger partial charge >= 0.3 is 6.09 Å². The molecule has 2 saturated heterocycles. The van der Waals surface area contributed by atoms with E-state index in [0.29, 0.717) is 16.5 Å². The molecule has 0 spiro atoms. The number of nitrogens with zero attached hydrogens (tertiary/aromatic N) is 2. The zero-order valence-electron chi connectivity index (χ0n) is 16.4. The topological polar surface area (TPSA) is 49.9 Å². The maximum absolute atomic E-state index is 12.6. The van der Waals surface area contributed by atoms with Crippen LogP contribution in [0.4, 0.5) is 10.5 Å². The number of likely N-dealkylation sites (tertiary alicyclic amines) is 1. The molecular weight excluding hydrogens is 364 g/mol. The summed E-state index contributed by atoms with van der Waals surface area (Å²) < 4.78 is 5.60. The summed E-state index contributed by atoms with van der Waals surface area (Å²) in [7, 11) is 0. The van der Waals surface area contributed by atoms with E-state index >= 15 is 0 Å². The van der Waals surface area contributed by atoms with E-state index in [9.17, 15) is 9.59 Å². The van der Waals surface area contributed by atoms with E-state index in [4.69, 9.17) is 16.3 Å². The Kier molecular flexibility index (Phi) is 5.99. The molecule has 1 amide bonds. The van der Waals surface area contributed by atoms with Crippen LogP contribution in [-0.2, 0) is 4.74 Å². The smallest absolute Gasteiger partial charge is 0.410 e. The number of rotatable bonds is 3. The Bertz CT molecular complexity index is 693. The Morgan fingerprint density at radius 3 is 2.52 bits per heavy atom. The van der Waals surface area contributed by atoms with Gasteiger partial charge in [0.2, 0.25) is 0 Å². The van der Waals surface area contributed by atoms with Crippen molar-refractivity contribution in [3.63, 3.8) is 0 Å². The van der Waals surface area contributed by atoms with Gasteiger partial charge in [-0.1, -0.05) is 11.6 Å². The summed E-state index contributed by atoms with van der Waals surface area (Å²) in [5.74, 6) is 0.468. The van der Waals surface area contributed by atoms with Crippen molar-refractivity contribution in [3.05, 3.63) is 28.8 Å². The van der Waals surface area contributed by atoms with E-state index < -0.39 is 5.60 Å². The van der Waals surface area contributed by atoms with E-state index in [1.54, 1.807) is 12.1 Å². The highest BCUT2D eigenvalue weighted by Crippen LogP contribution is 2.34. The number of halogens is 1. The van der Waals surface area contributed by atoms with Crippen molar-refractivity contribution in [2.45, 2.75) is 58.1 Å². The first-order chi connectivity index (χ1) is 12.8. The Morgan fingerprint density at radius 2 is 1.89 bits per heavy atom. The molecule has 6 heteroatoms. The van der Waals surface area contributed by atoms with Crippen molar-refractivity contribution in [2.75, 3.05) is 24.5 Å². The van der Waals surface area contributed by atoms with Crippen molar-refractivity contribution in [1.82, 2.24) is 4.90 Å². The number of aldehydes is 1. The van der Waals surface area contributed by atoms with Crippen LogP contribution in [0.15, 0.2) is 18.2 Å². The quantitative estimate of drug-likeness (QED) is 0.695.